The molecule has 0 unspecified atom stereocenters. The zero-order chi connectivity index (χ0) is 15.7. The minimum absolute atomic E-state index is 0.181. The van der Waals surface area contributed by atoms with Crippen molar-refractivity contribution in [2.75, 3.05) is 18.6 Å². The number of carbonyl (C=O) groups is 1. The average Bonchev–Trinajstić information content (AvgIpc) is 2.52. The second-order valence-corrected chi connectivity index (χ2v) is 5.85. The first-order valence-electron chi connectivity index (χ1n) is 6.69. The number of nitrogens with zero attached hydrogens (tertiary/aromatic N) is 3. The molecule has 4 nitrogen and oxygen atoms in total. The summed E-state index contributed by atoms with van der Waals surface area (Å²) in [6, 6.07) is 14.2. The van der Waals surface area contributed by atoms with Crippen LogP contribution in [0, 0.1) is 0 Å². The number of likely N-dealkylation sites (N-methyl/N-ethyl adjacent to an activating group) is 1. The lowest BCUT2D eigenvalue weighted by atomic mass is 10.1. The number of hydrogen-bond acceptors (Lipinski definition) is 2. The number of hydrazone groups is 1. The fourth-order valence-corrected chi connectivity index (χ4v) is 2.44. The molecular weight excluding hydrogens is 321 g/mol. The smallest absolute Gasteiger partial charge is 0.320 e. The van der Waals surface area contributed by atoms with Gasteiger partial charge in [0.15, 0.2) is 0 Å². The Morgan fingerprint density at radius 2 is 1.50 bits per heavy atom. The largest absolute Gasteiger partial charge is 0.345 e. The third kappa shape index (κ3) is 2.93. The summed E-state index contributed by atoms with van der Waals surface area (Å²) in [5.74, 6) is 0. The number of anilines is 1. The third-order valence-corrected chi connectivity index (χ3v) is 3.87. The first-order valence-corrected chi connectivity index (χ1v) is 7.44. The van der Waals surface area contributed by atoms with Gasteiger partial charge in [-0.05, 0) is 42.0 Å². The van der Waals surface area contributed by atoms with Gasteiger partial charge in [-0.15, -0.1) is 0 Å². The molecule has 0 N–H and O–H groups in total. The van der Waals surface area contributed by atoms with Crippen LogP contribution in [-0.4, -0.2) is 30.2 Å². The Hall–Kier alpha value is -2.04. The second-order valence-electron chi connectivity index (χ2n) is 4.98. The third-order valence-electron chi connectivity index (χ3n) is 3.36. The Bertz CT molecular complexity index is 726. The summed E-state index contributed by atoms with van der Waals surface area (Å²) in [6.07, 6.45) is 0. The first kappa shape index (κ1) is 14.9. The summed E-state index contributed by atoms with van der Waals surface area (Å²) in [4.78, 5) is 13.9. The summed E-state index contributed by atoms with van der Waals surface area (Å²) in [7, 11) is 1.75. The number of rotatable bonds is 2. The fourth-order valence-electron chi connectivity index (χ4n) is 2.19. The molecule has 0 atom stereocenters. The van der Waals surface area contributed by atoms with Crippen LogP contribution in [-0.2, 0) is 0 Å². The average molecular weight is 334 g/mol. The van der Waals surface area contributed by atoms with Crippen molar-refractivity contribution in [3.8, 4) is 0 Å². The second kappa shape index (κ2) is 5.99. The fraction of sp³-hybridized carbons (Fsp3) is 0.125. The van der Waals surface area contributed by atoms with E-state index < -0.39 is 0 Å². The van der Waals surface area contributed by atoms with Gasteiger partial charge >= 0.3 is 6.03 Å². The van der Waals surface area contributed by atoms with Crippen LogP contribution in [0.3, 0.4) is 0 Å². The maximum absolute atomic E-state index is 12.3. The molecular formula is C16H13Cl2N3O. The molecule has 3 rings (SSSR count). The lowest BCUT2D eigenvalue weighted by Crippen LogP contribution is -2.46. The maximum atomic E-state index is 12.3. The van der Waals surface area contributed by atoms with Crippen LogP contribution in [0.5, 0.6) is 0 Å². The minimum atomic E-state index is -0.181. The van der Waals surface area contributed by atoms with E-state index in [1.807, 2.05) is 24.3 Å². The minimum Gasteiger partial charge on any atom is -0.320 e. The van der Waals surface area contributed by atoms with Crippen LogP contribution < -0.4 is 5.01 Å². The summed E-state index contributed by atoms with van der Waals surface area (Å²) in [5.41, 5.74) is 2.41. The van der Waals surface area contributed by atoms with Crippen LogP contribution in [0.15, 0.2) is 53.6 Å². The van der Waals surface area contributed by atoms with E-state index in [1.54, 1.807) is 36.2 Å². The van der Waals surface area contributed by atoms with Crippen molar-refractivity contribution in [2.45, 2.75) is 0 Å². The standard InChI is InChI=1S/C16H13Cl2N3O/c1-20-10-15(11-2-4-12(17)5-3-11)19-21(16(20)22)14-8-6-13(18)7-9-14/h2-9H,10H2,1H3. The monoisotopic (exact) mass is 333 g/mol. The predicted molar refractivity (Wildman–Crippen MR) is 89.9 cm³/mol. The van der Waals surface area contributed by atoms with Crippen molar-refractivity contribution >= 4 is 40.6 Å². The molecule has 0 saturated heterocycles. The summed E-state index contributed by atoms with van der Waals surface area (Å²) < 4.78 is 0. The van der Waals surface area contributed by atoms with Gasteiger partial charge < -0.3 is 4.90 Å². The summed E-state index contributed by atoms with van der Waals surface area (Å²) >= 11 is 11.8. The first-order chi connectivity index (χ1) is 10.5. The lowest BCUT2D eigenvalue weighted by Gasteiger charge is -2.30. The van der Waals surface area contributed by atoms with Crippen LogP contribution >= 0.6 is 23.2 Å². The molecule has 1 aliphatic heterocycles. The number of benzene rings is 2. The highest BCUT2D eigenvalue weighted by Gasteiger charge is 2.26. The maximum Gasteiger partial charge on any atom is 0.345 e. The van der Waals surface area contributed by atoms with Crippen LogP contribution in [0.4, 0.5) is 10.5 Å². The molecule has 2 aromatic carbocycles. The highest BCUT2D eigenvalue weighted by Crippen LogP contribution is 2.23. The van der Waals surface area contributed by atoms with Gasteiger partial charge in [0.25, 0.3) is 0 Å². The van der Waals surface area contributed by atoms with Gasteiger partial charge in [-0.25, -0.2) is 4.79 Å². The van der Waals surface area contributed by atoms with E-state index >= 15 is 0 Å². The molecule has 22 heavy (non-hydrogen) atoms. The van der Waals surface area contributed by atoms with E-state index in [1.165, 1.54) is 5.01 Å². The van der Waals surface area contributed by atoms with Crippen molar-refractivity contribution in [3.05, 3.63) is 64.1 Å². The van der Waals surface area contributed by atoms with E-state index in [2.05, 4.69) is 5.10 Å². The van der Waals surface area contributed by atoms with Gasteiger partial charge in [0, 0.05) is 17.1 Å². The van der Waals surface area contributed by atoms with E-state index in [0.29, 0.717) is 22.3 Å². The normalized spacial score (nSPS) is 15.0. The van der Waals surface area contributed by atoms with Crippen LogP contribution in [0.2, 0.25) is 10.0 Å². The Kier molecular flexibility index (Phi) is 4.05. The van der Waals surface area contributed by atoms with E-state index in [9.17, 15) is 4.79 Å². The van der Waals surface area contributed by atoms with Crippen molar-refractivity contribution < 1.29 is 4.79 Å². The molecule has 0 fully saturated rings. The molecule has 6 heteroatoms. The zero-order valence-electron chi connectivity index (χ0n) is 11.8. The molecule has 0 spiro atoms. The molecule has 1 aliphatic rings. The van der Waals surface area contributed by atoms with Gasteiger partial charge in [0.05, 0.1) is 17.9 Å². The quantitative estimate of drug-likeness (QED) is 0.808. The topological polar surface area (TPSA) is 35.9 Å². The van der Waals surface area contributed by atoms with Gasteiger partial charge in [-0.1, -0.05) is 35.3 Å². The van der Waals surface area contributed by atoms with Gasteiger partial charge in [0.1, 0.15) is 0 Å². The highest BCUT2D eigenvalue weighted by atomic mass is 35.5. The van der Waals surface area contributed by atoms with E-state index in [0.717, 1.165) is 11.3 Å². The molecule has 0 saturated carbocycles. The van der Waals surface area contributed by atoms with E-state index in [4.69, 9.17) is 23.2 Å². The van der Waals surface area contributed by atoms with Gasteiger partial charge in [-0.2, -0.15) is 10.1 Å². The molecule has 0 radical (unpaired) electrons. The van der Waals surface area contributed by atoms with Gasteiger partial charge in [0.2, 0.25) is 0 Å². The summed E-state index contributed by atoms with van der Waals surface area (Å²) in [6.45, 7) is 0.449. The number of halogens is 2. The van der Waals surface area contributed by atoms with Crippen molar-refractivity contribution in [3.63, 3.8) is 0 Å². The Morgan fingerprint density at radius 1 is 0.955 bits per heavy atom. The molecule has 0 aromatic heterocycles. The number of urea groups is 1. The number of hydrogen-bond donors (Lipinski definition) is 0. The van der Waals surface area contributed by atoms with Gasteiger partial charge in [-0.3, -0.25) is 0 Å². The Morgan fingerprint density at radius 3 is 2.09 bits per heavy atom. The number of amides is 2. The van der Waals surface area contributed by atoms with Crippen molar-refractivity contribution in [1.82, 2.24) is 4.90 Å². The molecule has 0 bridgehead atoms. The summed E-state index contributed by atoms with van der Waals surface area (Å²) in [5, 5.41) is 7.14. The SMILES string of the molecule is CN1CC(c2ccc(Cl)cc2)=NN(c2ccc(Cl)cc2)C1=O. The Labute approximate surface area is 138 Å². The van der Waals surface area contributed by atoms with Crippen LogP contribution in [0.1, 0.15) is 5.56 Å². The molecule has 112 valence electrons. The molecule has 2 amide bonds. The molecule has 1 heterocycles. The van der Waals surface area contributed by atoms with E-state index in [-0.39, 0.29) is 6.03 Å². The Balaban J connectivity index is 2.00. The lowest BCUT2D eigenvalue weighted by molar-refractivity contribution is 0.219. The molecule has 0 aliphatic carbocycles. The van der Waals surface area contributed by atoms with Crippen molar-refractivity contribution in [2.24, 2.45) is 5.10 Å². The molecule has 2 aromatic rings. The number of carbonyl (C=O) groups excluding carboxylic acids is 1. The zero-order valence-corrected chi connectivity index (χ0v) is 13.3. The predicted octanol–water partition coefficient (Wildman–Crippen LogP) is 4.27. The highest BCUT2D eigenvalue weighted by molar-refractivity contribution is 6.31. The van der Waals surface area contributed by atoms with Crippen molar-refractivity contribution in [1.29, 1.82) is 0 Å². The van der Waals surface area contributed by atoms with Crippen LogP contribution in [0.25, 0.3) is 0 Å².